The highest BCUT2D eigenvalue weighted by atomic mass is 32.1. The molecule has 0 saturated heterocycles. The Morgan fingerprint density at radius 1 is 1.13 bits per heavy atom. The van der Waals surface area contributed by atoms with Gasteiger partial charge in [0, 0.05) is 0 Å². The fourth-order valence-corrected chi connectivity index (χ4v) is 2.70. The van der Waals surface area contributed by atoms with Gasteiger partial charge in [0.2, 0.25) is 5.78 Å². The molecular weight excluding hydrogens is 324 g/mol. The molecule has 0 bridgehead atoms. The molecule has 23 heavy (non-hydrogen) atoms. The average molecular weight is 333 g/mol. The van der Waals surface area contributed by atoms with Crippen molar-refractivity contribution in [1.29, 1.82) is 0 Å². The molecular formula is C16H9F2NO3S. The van der Waals surface area contributed by atoms with Crippen molar-refractivity contribution in [2.24, 2.45) is 0 Å². The van der Waals surface area contributed by atoms with Crippen molar-refractivity contribution in [2.75, 3.05) is 6.61 Å². The molecule has 0 N–H and O–H groups in total. The van der Waals surface area contributed by atoms with Gasteiger partial charge in [-0.15, -0.1) is 11.3 Å². The van der Waals surface area contributed by atoms with Crippen LogP contribution >= 0.6 is 11.3 Å². The Labute approximate surface area is 133 Å². The van der Waals surface area contributed by atoms with Crippen LogP contribution < -0.4 is 0 Å². The summed E-state index contributed by atoms with van der Waals surface area (Å²) in [5.74, 6) is -3.13. The number of thiazole rings is 1. The number of carbonyl (C=O) groups excluding carboxylic acids is 2. The molecule has 116 valence electrons. The van der Waals surface area contributed by atoms with E-state index in [-0.39, 0.29) is 5.56 Å². The number of rotatable bonds is 4. The van der Waals surface area contributed by atoms with E-state index in [4.69, 9.17) is 4.74 Å². The van der Waals surface area contributed by atoms with E-state index in [1.807, 2.05) is 0 Å². The molecule has 0 aliphatic heterocycles. The number of nitrogens with zero attached hydrogens (tertiary/aromatic N) is 1. The number of ether oxygens (including phenoxy) is 1. The van der Waals surface area contributed by atoms with E-state index in [1.165, 1.54) is 17.4 Å². The Bertz CT molecular complexity index is 907. The van der Waals surface area contributed by atoms with Crippen LogP contribution in [0.1, 0.15) is 20.7 Å². The number of hydrogen-bond donors (Lipinski definition) is 0. The lowest BCUT2D eigenvalue weighted by atomic mass is 10.1. The number of esters is 1. The summed E-state index contributed by atoms with van der Waals surface area (Å²) in [6, 6.07) is 7.32. The van der Waals surface area contributed by atoms with Gasteiger partial charge in [-0.2, -0.15) is 0 Å². The summed E-state index contributed by atoms with van der Waals surface area (Å²) in [5, 5.41) is 0. The number of hydrogen-bond acceptors (Lipinski definition) is 5. The van der Waals surface area contributed by atoms with Crippen molar-refractivity contribution < 1.29 is 23.1 Å². The van der Waals surface area contributed by atoms with Crippen LogP contribution in [-0.2, 0) is 4.74 Å². The highest BCUT2D eigenvalue weighted by Gasteiger charge is 2.16. The molecule has 1 aromatic heterocycles. The zero-order chi connectivity index (χ0) is 16.4. The predicted molar refractivity (Wildman–Crippen MR) is 80.6 cm³/mol. The van der Waals surface area contributed by atoms with E-state index in [9.17, 15) is 18.4 Å². The number of carbonyl (C=O) groups is 2. The molecule has 2 aromatic carbocycles. The van der Waals surface area contributed by atoms with Crippen LogP contribution in [0.4, 0.5) is 8.78 Å². The largest absolute Gasteiger partial charge is 0.454 e. The quantitative estimate of drug-likeness (QED) is 0.540. The maximum absolute atomic E-state index is 13.5. The van der Waals surface area contributed by atoms with Gasteiger partial charge in [-0.25, -0.2) is 18.6 Å². The summed E-state index contributed by atoms with van der Waals surface area (Å²) >= 11 is 1.37. The molecule has 1 heterocycles. The third kappa shape index (κ3) is 3.24. The van der Waals surface area contributed by atoms with E-state index in [0.717, 1.165) is 28.4 Å². The highest BCUT2D eigenvalue weighted by Crippen LogP contribution is 2.19. The van der Waals surface area contributed by atoms with Gasteiger partial charge in [0.1, 0.15) is 11.6 Å². The van der Waals surface area contributed by atoms with Crippen molar-refractivity contribution in [3.63, 3.8) is 0 Å². The minimum atomic E-state index is -0.862. The highest BCUT2D eigenvalue weighted by molar-refractivity contribution is 7.16. The fourth-order valence-electron chi connectivity index (χ4n) is 1.99. The maximum Gasteiger partial charge on any atom is 0.338 e. The molecule has 0 saturated carbocycles. The van der Waals surface area contributed by atoms with E-state index in [0.29, 0.717) is 0 Å². The second-order valence-corrected chi connectivity index (χ2v) is 5.54. The first-order chi connectivity index (χ1) is 11.0. The third-order valence-corrected chi connectivity index (χ3v) is 3.92. The van der Waals surface area contributed by atoms with E-state index < -0.39 is 35.6 Å². The number of Topliss-reactive ketones (excluding diaryl/α,β-unsaturated/α-hetero) is 1. The van der Waals surface area contributed by atoms with Gasteiger partial charge in [-0.3, -0.25) is 4.79 Å². The first kappa shape index (κ1) is 15.2. The van der Waals surface area contributed by atoms with Gasteiger partial charge in [-0.1, -0.05) is 0 Å². The third-order valence-electron chi connectivity index (χ3n) is 3.13. The normalized spacial score (nSPS) is 10.7. The van der Waals surface area contributed by atoms with Crippen molar-refractivity contribution in [3.8, 4) is 0 Å². The van der Waals surface area contributed by atoms with Crippen molar-refractivity contribution >= 4 is 33.3 Å². The Hall–Kier alpha value is -2.67. The molecule has 0 spiro atoms. The van der Waals surface area contributed by atoms with Crippen molar-refractivity contribution in [1.82, 2.24) is 4.98 Å². The molecule has 4 nitrogen and oxygen atoms in total. The van der Waals surface area contributed by atoms with Crippen LogP contribution in [0.15, 0.2) is 41.9 Å². The number of halogens is 2. The first-order valence-corrected chi connectivity index (χ1v) is 7.41. The lowest BCUT2D eigenvalue weighted by Gasteiger charge is -2.05. The average Bonchev–Trinajstić information content (AvgIpc) is 3.02. The first-order valence-electron chi connectivity index (χ1n) is 6.53. The molecule has 3 rings (SSSR count). The van der Waals surface area contributed by atoms with Gasteiger partial charge in [0.25, 0.3) is 0 Å². The molecule has 0 amide bonds. The molecule has 0 aliphatic carbocycles. The number of ketones is 1. The Balaban J connectivity index is 1.70. The summed E-state index contributed by atoms with van der Waals surface area (Å²) in [6.45, 7) is -0.667. The summed E-state index contributed by atoms with van der Waals surface area (Å²) in [7, 11) is 0. The minimum absolute atomic E-state index is 0.259. The van der Waals surface area contributed by atoms with Crippen LogP contribution in [-0.4, -0.2) is 23.3 Å². The predicted octanol–water partition coefficient (Wildman–Crippen LogP) is 3.61. The molecule has 7 heteroatoms. The second kappa shape index (κ2) is 6.21. The number of benzene rings is 2. The molecule has 3 aromatic rings. The second-order valence-electron chi connectivity index (χ2n) is 4.66. The summed E-state index contributed by atoms with van der Waals surface area (Å²) in [5.41, 5.74) is 2.21. The van der Waals surface area contributed by atoms with Gasteiger partial charge >= 0.3 is 5.97 Å². The number of fused-ring (bicyclic) bond motifs is 1. The van der Waals surface area contributed by atoms with E-state index >= 15 is 0 Å². The zero-order valence-corrected chi connectivity index (χ0v) is 12.4. The summed E-state index contributed by atoms with van der Waals surface area (Å²) in [6.07, 6.45) is 0. The Morgan fingerprint density at radius 2 is 1.96 bits per heavy atom. The lowest BCUT2D eigenvalue weighted by Crippen LogP contribution is -2.15. The molecule has 0 unspecified atom stereocenters. The van der Waals surface area contributed by atoms with Gasteiger partial charge in [0.05, 0.1) is 26.9 Å². The van der Waals surface area contributed by atoms with Crippen LogP contribution in [0.2, 0.25) is 0 Å². The van der Waals surface area contributed by atoms with Crippen molar-refractivity contribution in [3.05, 3.63) is 64.7 Å². The van der Waals surface area contributed by atoms with Crippen molar-refractivity contribution in [2.45, 2.75) is 0 Å². The Morgan fingerprint density at radius 3 is 2.78 bits per heavy atom. The van der Waals surface area contributed by atoms with Gasteiger partial charge in [-0.05, 0) is 36.4 Å². The van der Waals surface area contributed by atoms with E-state index in [1.54, 1.807) is 17.6 Å². The number of aromatic nitrogens is 1. The Kier molecular flexibility index (Phi) is 4.12. The monoisotopic (exact) mass is 333 g/mol. The summed E-state index contributed by atoms with van der Waals surface area (Å²) in [4.78, 5) is 27.9. The van der Waals surface area contributed by atoms with Crippen LogP contribution in [0.5, 0.6) is 0 Å². The molecule has 0 aliphatic rings. The summed E-state index contributed by atoms with van der Waals surface area (Å²) < 4.78 is 32.2. The minimum Gasteiger partial charge on any atom is -0.454 e. The smallest absolute Gasteiger partial charge is 0.338 e. The van der Waals surface area contributed by atoms with Gasteiger partial charge in [0.15, 0.2) is 6.61 Å². The molecule has 0 radical (unpaired) electrons. The topological polar surface area (TPSA) is 56.3 Å². The zero-order valence-electron chi connectivity index (χ0n) is 11.6. The van der Waals surface area contributed by atoms with Crippen LogP contribution in [0.25, 0.3) is 10.2 Å². The SMILES string of the molecule is O=C(OCC(=O)c1cc(F)ccc1F)c1ccc2ncsc2c1. The molecule has 0 atom stereocenters. The standard InChI is InChI=1S/C16H9F2NO3S/c17-10-2-3-12(18)11(6-10)14(20)7-22-16(21)9-1-4-13-15(5-9)23-8-19-13/h1-6,8H,7H2. The fraction of sp³-hybridized carbons (Fsp3) is 0.0625. The maximum atomic E-state index is 13.5. The van der Waals surface area contributed by atoms with Crippen LogP contribution in [0.3, 0.4) is 0 Å². The van der Waals surface area contributed by atoms with E-state index in [2.05, 4.69) is 4.98 Å². The molecule has 0 fully saturated rings. The van der Waals surface area contributed by atoms with Crippen LogP contribution in [0, 0.1) is 11.6 Å². The van der Waals surface area contributed by atoms with Gasteiger partial charge < -0.3 is 4.74 Å². The lowest BCUT2D eigenvalue weighted by molar-refractivity contribution is 0.0473.